The van der Waals surface area contributed by atoms with Gasteiger partial charge in [-0.2, -0.15) is 0 Å². The van der Waals surface area contributed by atoms with Gasteiger partial charge in [0.25, 0.3) is 10.0 Å². The maximum atomic E-state index is 12.6. The highest BCUT2D eigenvalue weighted by molar-refractivity contribution is 7.92. The predicted molar refractivity (Wildman–Crippen MR) is 90.2 cm³/mol. The van der Waals surface area contributed by atoms with Crippen molar-refractivity contribution < 1.29 is 13.2 Å². The van der Waals surface area contributed by atoms with Gasteiger partial charge >= 0.3 is 0 Å². The van der Waals surface area contributed by atoms with E-state index >= 15 is 0 Å². The van der Waals surface area contributed by atoms with Crippen LogP contribution < -0.4 is 9.62 Å². The van der Waals surface area contributed by atoms with Crippen molar-refractivity contribution in [1.82, 2.24) is 0 Å². The van der Waals surface area contributed by atoms with E-state index < -0.39 is 10.0 Å². The van der Waals surface area contributed by atoms with Crippen LogP contribution in [0, 0.1) is 6.92 Å². The number of carbonyl (C=O) groups excluding carboxylic acids is 1. The molecule has 0 bridgehead atoms. The molecule has 0 atom stereocenters. The number of nitrogens with zero attached hydrogens (tertiary/aromatic N) is 1. The van der Waals surface area contributed by atoms with Gasteiger partial charge in [0.2, 0.25) is 5.91 Å². The Morgan fingerprint density at radius 1 is 1.17 bits per heavy atom. The summed E-state index contributed by atoms with van der Waals surface area (Å²) in [6.07, 6.45) is 0.750. The average Bonchev–Trinajstić information content (AvgIpc) is 2.92. The molecule has 1 aliphatic rings. The van der Waals surface area contributed by atoms with E-state index in [4.69, 9.17) is 0 Å². The second-order valence-electron chi connectivity index (χ2n) is 5.63. The standard InChI is InChI=1S/C17H18N2O3S/c1-12-5-3-4-6-16(12)18-23(21,22)15-8-7-14-9-10-19(13(2)20)17(14)11-15/h3-8,11,18H,9-10H2,1-2H3. The molecule has 0 saturated heterocycles. The van der Waals surface area contributed by atoms with Crippen LogP contribution in [0.4, 0.5) is 11.4 Å². The maximum absolute atomic E-state index is 12.6. The van der Waals surface area contributed by atoms with E-state index in [-0.39, 0.29) is 10.8 Å². The zero-order chi connectivity index (χ0) is 16.6. The van der Waals surface area contributed by atoms with Crippen LogP contribution in [-0.4, -0.2) is 20.9 Å². The lowest BCUT2D eigenvalue weighted by molar-refractivity contribution is -0.116. The van der Waals surface area contributed by atoms with Crippen molar-refractivity contribution in [2.24, 2.45) is 0 Å². The fourth-order valence-electron chi connectivity index (χ4n) is 2.74. The number of aryl methyl sites for hydroxylation is 1. The molecule has 0 aromatic heterocycles. The number of benzene rings is 2. The van der Waals surface area contributed by atoms with E-state index in [1.807, 2.05) is 19.1 Å². The molecule has 3 rings (SSSR count). The molecule has 6 heteroatoms. The smallest absolute Gasteiger partial charge is 0.261 e. The first kappa shape index (κ1) is 15.6. The van der Waals surface area contributed by atoms with Gasteiger partial charge in [0.15, 0.2) is 0 Å². The molecule has 0 fully saturated rings. The van der Waals surface area contributed by atoms with Gasteiger partial charge < -0.3 is 4.90 Å². The minimum atomic E-state index is -3.69. The Bertz CT molecular complexity index is 875. The molecule has 0 radical (unpaired) electrons. The Balaban J connectivity index is 1.97. The molecular weight excluding hydrogens is 312 g/mol. The topological polar surface area (TPSA) is 66.5 Å². The maximum Gasteiger partial charge on any atom is 0.261 e. The Hall–Kier alpha value is -2.34. The lowest BCUT2D eigenvalue weighted by Gasteiger charge is -2.16. The normalized spacial score (nSPS) is 13.7. The molecule has 1 amide bonds. The van der Waals surface area contributed by atoms with Crippen molar-refractivity contribution in [1.29, 1.82) is 0 Å². The highest BCUT2D eigenvalue weighted by Crippen LogP contribution is 2.31. The number of para-hydroxylation sites is 1. The van der Waals surface area contributed by atoms with Crippen LogP contribution in [0.3, 0.4) is 0 Å². The van der Waals surface area contributed by atoms with Gasteiger partial charge in [-0.15, -0.1) is 0 Å². The van der Waals surface area contributed by atoms with E-state index in [0.29, 0.717) is 17.9 Å². The number of anilines is 2. The zero-order valence-electron chi connectivity index (χ0n) is 13.0. The Labute approximate surface area is 136 Å². The van der Waals surface area contributed by atoms with Gasteiger partial charge in [-0.05, 0) is 42.7 Å². The lowest BCUT2D eigenvalue weighted by atomic mass is 10.2. The predicted octanol–water partition coefficient (Wildman–Crippen LogP) is 2.70. The van der Waals surface area contributed by atoms with Crippen LogP contribution in [0.1, 0.15) is 18.1 Å². The second kappa shape index (κ2) is 5.70. The molecule has 2 aromatic rings. The molecular formula is C17H18N2O3S. The van der Waals surface area contributed by atoms with Gasteiger partial charge in [0.1, 0.15) is 0 Å². The highest BCUT2D eigenvalue weighted by atomic mass is 32.2. The number of sulfonamides is 1. The van der Waals surface area contributed by atoms with Crippen molar-refractivity contribution in [3.8, 4) is 0 Å². The lowest BCUT2D eigenvalue weighted by Crippen LogP contribution is -2.26. The minimum absolute atomic E-state index is 0.0786. The molecule has 5 nitrogen and oxygen atoms in total. The monoisotopic (exact) mass is 330 g/mol. The van der Waals surface area contributed by atoms with Gasteiger partial charge in [-0.25, -0.2) is 8.42 Å². The third-order valence-electron chi connectivity index (χ3n) is 4.03. The molecule has 23 heavy (non-hydrogen) atoms. The van der Waals surface area contributed by atoms with Gasteiger partial charge in [-0.1, -0.05) is 24.3 Å². The number of carbonyl (C=O) groups is 1. The molecule has 0 unspecified atom stereocenters. The summed E-state index contributed by atoms with van der Waals surface area (Å²) in [7, 11) is -3.69. The number of nitrogens with one attached hydrogen (secondary N) is 1. The Morgan fingerprint density at radius 3 is 2.61 bits per heavy atom. The summed E-state index contributed by atoms with van der Waals surface area (Å²) in [6.45, 7) is 3.93. The summed E-state index contributed by atoms with van der Waals surface area (Å²) in [6, 6.07) is 12.1. The summed E-state index contributed by atoms with van der Waals surface area (Å²) in [5, 5.41) is 0. The first-order valence-electron chi connectivity index (χ1n) is 7.38. The summed E-state index contributed by atoms with van der Waals surface area (Å²) in [4.78, 5) is 13.4. The second-order valence-corrected chi connectivity index (χ2v) is 7.31. The molecule has 0 saturated carbocycles. The summed E-state index contributed by atoms with van der Waals surface area (Å²) in [5.74, 6) is -0.0786. The fraction of sp³-hybridized carbons (Fsp3) is 0.235. The first-order valence-corrected chi connectivity index (χ1v) is 8.86. The summed E-state index contributed by atoms with van der Waals surface area (Å²) >= 11 is 0. The van der Waals surface area contributed by atoms with E-state index in [2.05, 4.69) is 4.72 Å². The number of rotatable bonds is 3. The fourth-order valence-corrected chi connectivity index (χ4v) is 3.89. The third-order valence-corrected chi connectivity index (χ3v) is 5.40. The summed E-state index contributed by atoms with van der Waals surface area (Å²) < 4.78 is 27.8. The van der Waals surface area contributed by atoms with Crippen molar-refractivity contribution in [2.75, 3.05) is 16.2 Å². The zero-order valence-corrected chi connectivity index (χ0v) is 13.9. The number of hydrogen-bond donors (Lipinski definition) is 1. The summed E-state index contributed by atoms with van der Waals surface area (Å²) in [5.41, 5.74) is 3.08. The van der Waals surface area contributed by atoms with E-state index in [1.165, 1.54) is 6.92 Å². The molecule has 1 heterocycles. The first-order chi connectivity index (χ1) is 10.9. The molecule has 1 N–H and O–H groups in total. The number of amides is 1. The van der Waals surface area contributed by atoms with Gasteiger partial charge in [0, 0.05) is 19.2 Å². The van der Waals surface area contributed by atoms with E-state index in [0.717, 1.165) is 17.5 Å². The Kier molecular flexibility index (Phi) is 3.85. The van der Waals surface area contributed by atoms with Crippen molar-refractivity contribution >= 4 is 27.3 Å². The van der Waals surface area contributed by atoms with Gasteiger partial charge in [-0.3, -0.25) is 9.52 Å². The highest BCUT2D eigenvalue weighted by Gasteiger charge is 2.25. The van der Waals surface area contributed by atoms with Crippen LogP contribution in [0.15, 0.2) is 47.4 Å². The van der Waals surface area contributed by atoms with Crippen molar-refractivity contribution in [3.05, 3.63) is 53.6 Å². The van der Waals surface area contributed by atoms with E-state index in [1.54, 1.807) is 35.2 Å². The van der Waals surface area contributed by atoms with Gasteiger partial charge in [0.05, 0.1) is 10.6 Å². The Morgan fingerprint density at radius 2 is 1.91 bits per heavy atom. The van der Waals surface area contributed by atoms with Crippen molar-refractivity contribution in [3.63, 3.8) is 0 Å². The SMILES string of the molecule is CC(=O)N1CCc2ccc(S(=O)(=O)Nc3ccccc3C)cc21. The van der Waals surface area contributed by atoms with Crippen LogP contribution >= 0.6 is 0 Å². The minimum Gasteiger partial charge on any atom is -0.312 e. The number of hydrogen-bond acceptors (Lipinski definition) is 3. The van der Waals surface area contributed by atoms with E-state index in [9.17, 15) is 13.2 Å². The molecule has 2 aromatic carbocycles. The van der Waals surface area contributed by atoms with Crippen LogP contribution in [0.2, 0.25) is 0 Å². The average molecular weight is 330 g/mol. The molecule has 0 aliphatic carbocycles. The molecule has 1 aliphatic heterocycles. The molecule has 120 valence electrons. The third kappa shape index (κ3) is 2.94. The molecule has 0 spiro atoms. The largest absolute Gasteiger partial charge is 0.312 e. The quantitative estimate of drug-likeness (QED) is 0.941. The van der Waals surface area contributed by atoms with Crippen LogP contribution in [-0.2, 0) is 21.2 Å². The number of fused-ring (bicyclic) bond motifs is 1. The van der Waals surface area contributed by atoms with Crippen molar-refractivity contribution in [2.45, 2.75) is 25.2 Å². The van der Waals surface area contributed by atoms with Crippen LogP contribution in [0.25, 0.3) is 0 Å². The van der Waals surface area contributed by atoms with Crippen LogP contribution in [0.5, 0.6) is 0 Å².